The van der Waals surface area contributed by atoms with E-state index in [2.05, 4.69) is 228 Å². The molecule has 1 spiro atoms. The molecule has 3 aliphatic rings. The van der Waals surface area contributed by atoms with Gasteiger partial charge in [0.25, 0.3) is 0 Å². The van der Waals surface area contributed by atoms with Gasteiger partial charge in [-0.2, -0.15) is 0 Å². The van der Waals surface area contributed by atoms with Crippen LogP contribution >= 0.6 is 0 Å². The molecule has 12 rings (SSSR count). The molecule has 0 saturated carbocycles. The van der Waals surface area contributed by atoms with E-state index in [-0.39, 0.29) is 11.8 Å². The molecule has 0 bridgehead atoms. The molecule has 0 saturated heterocycles. The minimum atomic E-state index is -0.600. The molecule has 1 aromatic heterocycles. The van der Waals surface area contributed by atoms with Crippen molar-refractivity contribution in [3.63, 3.8) is 0 Å². The Morgan fingerprint density at radius 1 is 0.448 bits per heavy atom. The van der Waals surface area contributed by atoms with E-state index in [4.69, 9.17) is 4.42 Å². The van der Waals surface area contributed by atoms with Crippen LogP contribution in [0.25, 0.3) is 32.9 Å². The van der Waals surface area contributed by atoms with Crippen molar-refractivity contribution in [2.45, 2.75) is 11.3 Å². The number of rotatable bonds is 6. The summed E-state index contributed by atoms with van der Waals surface area (Å²) in [7, 11) is 0. The maximum atomic E-state index is 7.25. The van der Waals surface area contributed by atoms with Gasteiger partial charge in [0.1, 0.15) is 11.3 Å². The van der Waals surface area contributed by atoms with Gasteiger partial charge in [-0.3, -0.25) is 0 Å². The molecular weight excluding hydrogens is 705 g/mol. The first-order valence-corrected chi connectivity index (χ1v) is 20.2. The summed E-state index contributed by atoms with van der Waals surface area (Å²) in [5.41, 5.74) is 13.4. The van der Waals surface area contributed by atoms with Crippen LogP contribution in [0.1, 0.15) is 28.4 Å². The molecule has 0 aliphatic heterocycles. The van der Waals surface area contributed by atoms with Crippen LogP contribution in [0, 0.1) is 5.92 Å². The molecule has 3 nitrogen and oxygen atoms in total. The van der Waals surface area contributed by atoms with Gasteiger partial charge in [0.15, 0.2) is 0 Å². The molecule has 8 aromatic carbocycles. The standard InChI is InChI=1S/C55H38N2O/c1-4-19-38(20-5-1)56(39-21-6-2-7-22-39)41-32-34-46-50(35-41)55(54-53(46)47-27-13-15-30-52(47)58-54)48-28-14-12-26-44(48)45-33-31-42(36-49(45)55)57(40-23-8-3-9-24-40)51-29-16-18-37-17-10-11-25-43(37)51/h1-36,44,48H. The van der Waals surface area contributed by atoms with Gasteiger partial charge in [0, 0.05) is 56.6 Å². The maximum absolute atomic E-state index is 7.25. The third kappa shape index (κ3) is 4.68. The lowest BCUT2D eigenvalue weighted by Gasteiger charge is -2.35. The molecule has 58 heavy (non-hydrogen) atoms. The zero-order chi connectivity index (χ0) is 38.2. The normalized spacial score (nSPS) is 18.3. The van der Waals surface area contributed by atoms with Crippen molar-refractivity contribution in [3.05, 3.63) is 241 Å². The third-order valence-electron chi connectivity index (χ3n) is 12.7. The number of allylic oxidation sites excluding steroid dienone is 4. The molecule has 3 unspecified atom stereocenters. The monoisotopic (exact) mass is 742 g/mol. The summed E-state index contributed by atoms with van der Waals surface area (Å²) in [4.78, 5) is 4.81. The summed E-state index contributed by atoms with van der Waals surface area (Å²) in [6, 6.07) is 70.4. The number of anilines is 6. The van der Waals surface area contributed by atoms with E-state index in [0.29, 0.717) is 0 Å². The Morgan fingerprint density at radius 3 is 1.79 bits per heavy atom. The minimum Gasteiger partial charge on any atom is -0.459 e. The fraction of sp³-hybridized carbons (Fsp3) is 0.0545. The van der Waals surface area contributed by atoms with Crippen LogP contribution in [0.5, 0.6) is 0 Å². The van der Waals surface area contributed by atoms with E-state index in [0.717, 1.165) is 50.9 Å². The summed E-state index contributed by atoms with van der Waals surface area (Å²) < 4.78 is 7.25. The summed E-state index contributed by atoms with van der Waals surface area (Å²) in [5.74, 6) is 1.31. The van der Waals surface area contributed by atoms with Gasteiger partial charge in [-0.05, 0) is 100 Å². The van der Waals surface area contributed by atoms with E-state index in [1.54, 1.807) is 0 Å². The Bertz CT molecular complexity index is 3050. The summed E-state index contributed by atoms with van der Waals surface area (Å²) in [5, 5.41) is 3.58. The first-order valence-electron chi connectivity index (χ1n) is 20.2. The van der Waals surface area contributed by atoms with Gasteiger partial charge in [0.05, 0.1) is 11.1 Å². The lowest BCUT2D eigenvalue weighted by molar-refractivity contribution is 0.387. The van der Waals surface area contributed by atoms with Crippen LogP contribution in [0.2, 0.25) is 0 Å². The second-order valence-electron chi connectivity index (χ2n) is 15.6. The maximum Gasteiger partial charge on any atom is 0.135 e. The first-order chi connectivity index (χ1) is 28.8. The van der Waals surface area contributed by atoms with E-state index in [1.165, 1.54) is 38.6 Å². The van der Waals surface area contributed by atoms with E-state index >= 15 is 0 Å². The average Bonchev–Trinajstić information content (AvgIpc) is 3.91. The lowest BCUT2D eigenvalue weighted by atomic mass is 9.67. The number of hydrogen-bond acceptors (Lipinski definition) is 3. The average molecular weight is 743 g/mol. The van der Waals surface area contributed by atoms with Crippen LogP contribution in [0.3, 0.4) is 0 Å². The molecule has 3 atom stereocenters. The highest BCUT2D eigenvalue weighted by Crippen LogP contribution is 2.67. The number of hydrogen-bond donors (Lipinski definition) is 0. The highest BCUT2D eigenvalue weighted by atomic mass is 16.3. The van der Waals surface area contributed by atoms with Crippen LogP contribution in [0.15, 0.2) is 223 Å². The predicted molar refractivity (Wildman–Crippen MR) is 239 cm³/mol. The van der Waals surface area contributed by atoms with Gasteiger partial charge in [-0.1, -0.05) is 146 Å². The van der Waals surface area contributed by atoms with E-state index in [9.17, 15) is 0 Å². The number of furan rings is 1. The summed E-state index contributed by atoms with van der Waals surface area (Å²) in [6.45, 7) is 0. The number of benzene rings is 8. The van der Waals surface area contributed by atoms with Gasteiger partial charge in [-0.15, -0.1) is 0 Å². The van der Waals surface area contributed by atoms with Crippen LogP contribution in [-0.4, -0.2) is 0 Å². The zero-order valence-electron chi connectivity index (χ0n) is 31.7. The van der Waals surface area contributed by atoms with Crippen molar-refractivity contribution < 1.29 is 4.42 Å². The van der Waals surface area contributed by atoms with Gasteiger partial charge >= 0.3 is 0 Å². The molecule has 0 amide bonds. The zero-order valence-corrected chi connectivity index (χ0v) is 31.7. The largest absolute Gasteiger partial charge is 0.459 e. The van der Waals surface area contributed by atoms with E-state index in [1.807, 2.05) is 0 Å². The lowest BCUT2D eigenvalue weighted by Crippen LogP contribution is -2.33. The van der Waals surface area contributed by atoms with Crippen LogP contribution in [-0.2, 0) is 5.41 Å². The Kier molecular flexibility index (Phi) is 7.27. The third-order valence-corrected chi connectivity index (χ3v) is 12.7. The SMILES string of the molecule is C1=CC2c3ccc(N(c4ccccc4)c4cccc5ccccc45)cc3C3(c4cc(N(c5ccccc5)c5ccccc5)ccc4-c4c3oc3ccccc43)C2C=C1. The summed E-state index contributed by atoms with van der Waals surface area (Å²) >= 11 is 0. The smallest absolute Gasteiger partial charge is 0.135 e. The van der Waals surface area contributed by atoms with Crippen LogP contribution in [0.4, 0.5) is 34.1 Å². The second-order valence-corrected chi connectivity index (χ2v) is 15.6. The predicted octanol–water partition coefficient (Wildman–Crippen LogP) is 14.7. The molecule has 3 heteroatoms. The van der Waals surface area contributed by atoms with Crippen molar-refractivity contribution in [3.8, 4) is 11.1 Å². The van der Waals surface area contributed by atoms with Gasteiger partial charge in [0.2, 0.25) is 0 Å². The molecule has 3 aliphatic carbocycles. The van der Waals surface area contributed by atoms with Gasteiger partial charge in [-0.25, -0.2) is 0 Å². The minimum absolute atomic E-state index is 0.100. The highest BCUT2D eigenvalue weighted by Gasteiger charge is 2.60. The van der Waals surface area contributed by atoms with E-state index < -0.39 is 5.41 Å². The Hall–Kier alpha value is -7.36. The van der Waals surface area contributed by atoms with Crippen molar-refractivity contribution in [1.29, 1.82) is 0 Å². The fourth-order valence-corrected chi connectivity index (χ4v) is 10.3. The van der Waals surface area contributed by atoms with Gasteiger partial charge < -0.3 is 14.2 Å². The molecule has 0 fully saturated rings. The number of fused-ring (bicyclic) bond motifs is 13. The van der Waals surface area contributed by atoms with Crippen molar-refractivity contribution in [1.82, 2.24) is 0 Å². The number of nitrogens with zero attached hydrogens (tertiary/aromatic N) is 2. The summed E-state index contributed by atoms with van der Waals surface area (Å²) in [6.07, 6.45) is 9.31. The molecular formula is C55H38N2O. The first kappa shape index (κ1) is 32.8. The molecule has 0 N–H and O–H groups in total. The number of para-hydroxylation sites is 4. The quantitative estimate of drug-likeness (QED) is 0.169. The fourth-order valence-electron chi connectivity index (χ4n) is 10.3. The Morgan fingerprint density at radius 2 is 1.03 bits per heavy atom. The van der Waals surface area contributed by atoms with Crippen molar-refractivity contribution in [2.75, 3.05) is 9.80 Å². The second kappa shape index (κ2) is 12.8. The highest BCUT2D eigenvalue weighted by molar-refractivity contribution is 6.03. The van der Waals surface area contributed by atoms with Crippen LogP contribution < -0.4 is 9.80 Å². The molecule has 274 valence electrons. The Balaban J connectivity index is 1.16. The molecule has 1 heterocycles. The molecule has 0 radical (unpaired) electrons. The van der Waals surface area contributed by atoms with Crippen molar-refractivity contribution in [2.24, 2.45) is 5.92 Å². The topological polar surface area (TPSA) is 19.6 Å². The van der Waals surface area contributed by atoms with Crippen molar-refractivity contribution >= 4 is 55.9 Å². The molecule has 9 aromatic rings. The Labute approximate surface area is 338 Å².